The number of alkyl halides is 5. The summed E-state index contributed by atoms with van der Waals surface area (Å²) in [6, 6.07) is 3.36. The highest BCUT2D eigenvalue weighted by molar-refractivity contribution is 9.10. The first-order valence-electron chi connectivity index (χ1n) is 9.70. The van der Waals surface area contributed by atoms with Crippen molar-refractivity contribution < 1.29 is 26.7 Å². The van der Waals surface area contributed by atoms with Gasteiger partial charge in [0.1, 0.15) is 5.75 Å². The Morgan fingerprint density at radius 3 is 2.52 bits per heavy atom. The molecule has 0 radical (unpaired) electrons. The third kappa shape index (κ3) is 5.71. The predicted molar refractivity (Wildman–Crippen MR) is 109 cm³/mol. The summed E-state index contributed by atoms with van der Waals surface area (Å²) in [7, 11) is 1.51. The summed E-state index contributed by atoms with van der Waals surface area (Å²) >= 11 is 4.44. The maximum absolute atomic E-state index is 15.1. The minimum atomic E-state index is -2.87. The summed E-state index contributed by atoms with van der Waals surface area (Å²) in [4.78, 5) is 2.60. The van der Waals surface area contributed by atoms with Crippen LogP contribution in [0.4, 0.5) is 27.6 Å². The number of ether oxygens (including phenoxy) is 1. The van der Waals surface area contributed by atoms with E-state index in [1.807, 2.05) is 11.0 Å². The topological polar surface area (TPSA) is 12.5 Å². The molecule has 1 aliphatic heterocycles. The Morgan fingerprint density at radius 2 is 1.93 bits per heavy atom. The van der Waals surface area contributed by atoms with Crippen LogP contribution in [0.3, 0.4) is 0 Å². The summed E-state index contributed by atoms with van der Waals surface area (Å²) in [5.41, 5.74) is -0.622. The quantitative estimate of drug-likeness (QED) is 0.393. The smallest absolute Gasteiger partial charge is 0.248 e. The molecule has 2 atom stereocenters. The monoisotopic (exact) mass is 501 g/mol. The highest BCUT2D eigenvalue weighted by atomic mass is 79.9. The number of halogens is 6. The second-order valence-corrected chi connectivity index (χ2v) is 10.0. The lowest BCUT2D eigenvalue weighted by Crippen LogP contribution is -2.44. The summed E-state index contributed by atoms with van der Waals surface area (Å²) in [6.45, 7) is 1.06. The first kappa shape index (κ1) is 23.0. The van der Waals surface area contributed by atoms with Gasteiger partial charge in [0.05, 0.1) is 17.3 Å². The minimum absolute atomic E-state index is 0.0311. The molecule has 1 aromatic rings. The molecule has 2 nitrogen and oxygen atoms in total. The summed E-state index contributed by atoms with van der Waals surface area (Å²) in [5, 5.41) is 0. The van der Waals surface area contributed by atoms with Gasteiger partial charge in [-0.25, -0.2) is 22.0 Å². The molecule has 29 heavy (non-hydrogen) atoms. The van der Waals surface area contributed by atoms with Crippen LogP contribution >= 0.6 is 27.7 Å². The van der Waals surface area contributed by atoms with Gasteiger partial charge in [-0.2, -0.15) is 0 Å². The van der Waals surface area contributed by atoms with Crippen molar-refractivity contribution in [1.82, 2.24) is 0 Å². The maximum atomic E-state index is 15.1. The van der Waals surface area contributed by atoms with Crippen LogP contribution in [0.2, 0.25) is 0 Å². The number of fused-ring (bicyclic) bond motifs is 1. The molecule has 0 N–H and O–H groups in total. The fraction of sp³-hybridized carbons (Fsp3) is 0.700. The van der Waals surface area contributed by atoms with Gasteiger partial charge in [-0.3, -0.25) is 0 Å². The van der Waals surface area contributed by atoms with E-state index in [2.05, 4.69) is 15.9 Å². The van der Waals surface area contributed by atoms with E-state index in [0.717, 1.165) is 24.4 Å². The number of anilines is 1. The van der Waals surface area contributed by atoms with Gasteiger partial charge in [0.15, 0.2) is 5.50 Å². The zero-order chi connectivity index (χ0) is 21.4. The summed E-state index contributed by atoms with van der Waals surface area (Å²) in [6.07, 6.45) is -0.236. The van der Waals surface area contributed by atoms with Crippen LogP contribution in [-0.2, 0) is 0 Å². The van der Waals surface area contributed by atoms with Gasteiger partial charge in [-0.15, -0.1) is 0 Å². The van der Waals surface area contributed by atoms with Gasteiger partial charge in [-0.05, 0) is 54.2 Å². The fourth-order valence-electron chi connectivity index (χ4n) is 3.99. The molecule has 0 aromatic heterocycles. The lowest BCUT2D eigenvalue weighted by molar-refractivity contribution is -0.0385. The molecular formula is C20H25BrF5NOS. The molecule has 0 spiro atoms. The molecule has 2 unspecified atom stereocenters. The van der Waals surface area contributed by atoms with E-state index in [9.17, 15) is 17.6 Å². The molecule has 1 fully saturated rings. The van der Waals surface area contributed by atoms with Crippen molar-refractivity contribution in [3.05, 3.63) is 16.6 Å². The normalized spacial score (nSPS) is 25.4. The lowest BCUT2D eigenvalue weighted by Gasteiger charge is -2.39. The molecule has 1 heterocycles. The molecule has 0 amide bonds. The zero-order valence-electron chi connectivity index (χ0n) is 16.4. The number of hydrogen-bond donors (Lipinski definition) is 0. The average Bonchev–Trinajstić information content (AvgIpc) is 2.75. The van der Waals surface area contributed by atoms with Crippen LogP contribution in [0, 0.1) is 5.92 Å². The molecule has 9 heteroatoms. The maximum Gasteiger partial charge on any atom is 0.248 e. The molecule has 2 aliphatic rings. The van der Waals surface area contributed by atoms with Gasteiger partial charge in [0, 0.05) is 42.7 Å². The standard InChI is InChI=1S/C20H25BrF5NOS/c1-19(23,24)6-3-12-11-27(13-4-7-20(25,26)8-5-13)15-9-14(21)16(28-2)10-17(15)29-18(12)22/h9-10,12-13,18H,3-8,11H2,1-2H3. The van der Waals surface area contributed by atoms with Crippen molar-refractivity contribution in [2.24, 2.45) is 5.92 Å². The molecule has 1 aromatic carbocycles. The van der Waals surface area contributed by atoms with E-state index in [0.29, 0.717) is 15.1 Å². The third-order valence-corrected chi connectivity index (χ3v) is 7.48. The van der Waals surface area contributed by atoms with Crippen molar-refractivity contribution in [1.29, 1.82) is 0 Å². The van der Waals surface area contributed by atoms with Gasteiger partial charge < -0.3 is 9.64 Å². The lowest BCUT2D eigenvalue weighted by atomic mass is 9.89. The van der Waals surface area contributed by atoms with E-state index in [1.54, 1.807) is 6.07 Å². The van der Waals surface area contributed by atoms with E-state index in [-0.39, 0.29) is 44.7 Å². The van der Waals surface area contributed by atoms with Crippen molar-refractivity contribution in [3.8, 4) is 5.75 Å². The Bertz CT molecular complexity index is 720. The Morgan fingerprint density at radius 1 is 1.28 bits per heavy atom. The van der Waals surface area contributed by atoms with E-state index in [4.69, 9.17) is 4.74 Å². The van der Waals surface area contributed by atoms with E-state index in [1.165, 1.54) is 7.11 Å². The van der Waals surface area contributed by atoms with Crippen molar-refractivity contribution in [3.63, 3.8) is 0 Å². The van der Waals surface area contributed by atoms with Gasteiger partial charge >= 0.3 is 0 Å². The second kappa shape index (κ2) is 8.81. The first-order chi connectivity index (χ1) is 13.5. The molecule has 0 saturated heterocycles. The van der Waals surface area contributed by atoms with Crippen LogP contribution in [0.1, 0.15) is 45.4 Å². The van der Waals surface area contributed by atoms with Crippen LogP contribution in [0.5, 0.6) is 5.75 Å². The number of rotatable bonds is 5. The minimum Gasteiger partial charge on any atom is -0.496 e. The molecule has 1 aliphatic carbocycles. The molecule has 0 bridgehead atoms. The number of hydrogen-bond acceptors (Lipinski definition) is 3. The van der Waals surface area contributed by atoms with Crippen molar-refractivity contribution in [2.75, 3.05) is 18.6 Å². The van der Waals surface area contributed by atoms with Crippen LogP contribution in [0.25, 0.3) is 0 Å². The Labute approximate surface area is 180 Å². The molecule has 1 saturated carbocycles. The molecule has 164 valence electrons. The van der Waals surface area contributed by atoms with Gasteiger partial charge in [0.2, 0.25) is 11.8 Å². The van der Waals surface area contributed by atoms with Crippen LogP contribution in [-0.4, -0.2) is 37.0 Å². The van der Waals surface area contributed by atoms with E-state index < -0.39 is 29.7 Å². The van der Waals surface area contributed by atoms with E-state index >= 15 is 4.39 Å². The SMILES string of the molecule is COc1cc2c(cc1Br)N(C1CCC(F)(F)CC1)CC(CCC(C)(F)F)C(F)S2. The molecule has 3 rings (SSSR count). The first-order valence-corrected chi connectivity index (χ1v) is 11.4. The summed E-state index contributed by atoms with van der Waals surface area (Å²) < 4.78 is 75.3. The Hall–Kier alpha value is -0.700. The van der Waals surface area contributed by atoms with Gasteiger partial charge in [-0.1, -0.05) is 11.8 Å². The third-order valence-electron chi connectivity index (χ3n) is 5.67. The van der Waals surface area contributed by atoms with Crippen molar-refractivity contribution in [2.45, 2.75) is 73.7 Å². The number of methoxy groups -OCH3 is 1. The van der Waals surface area contributed by atoms with Crippen LogP contribution in [0.15, 0.2) is 21.5 Å². The number of benzene rings is 1. The van der Waals surface area contributed by atoms with Crippen LogP contribution < -0.4 is 9.64 Å². The van der Waals surface area contributed by atoms with Crippen molar-refractivity contribution >= 4 is 33.4 Å². The fourth-order valence-corrected chi connectivity index (χ4v) is 5.62. The average molecular weight is 502 g/mol. The summed E-state index contributed by atoms with van der Waals surface area (Å²) in [5.74, 6) is -5.62. The highest BCUT2D eigenvalue weighted by Gasteiger charge is 2.40. The number of nitrogens with zero attached hydrogens (tertiary/aromatic N) is 1. The second-order valence-electron chi connectivity index (χ2n) is 8.03. The Balaban J connectivity index is 1.92. The number of thioether (sulfide) groups is 1. The predicted octanol–water partition coefficient (Wildman–Crippen LogP) is 7.29. The Kier molecular flexibility index (Phi) is 6.98. The molecular weight excluding hydrogens is 477 g/mol. The zero-order valence-corrected chi connectivity index (χ0v) is 18.8. The highest BCUT2D eigenvalue weighted by Crippen LogP contribution is 2.48. The largest absolute Gasteiger partial charge is 0.496 e. The van der Waals surface area contributed by atoms with Gasteiger partial charge in [0.25, 0.3) is 0 Å².